The molecule has 0 fully saturated rings. The van der Waals surface area contributed by atoms with Gasteiger partial charge in [-0.25, -0.2) is 4.79 Å². The number of alkyl carbamates (subject to hydrolysis) is 1. The fraction of sp³-hybridized carbons (Fsp3) is 0.867. The Labute approximate surface area is 124 Å². The molecule has 0 spiro atoms. The maximum atomic E-state index is 11.5. The molecular formula is C15H34N2O3. The van der Waals surface area contributed by atoms with Crippen molar-refractivity contribution < 1.29 is 14.3 Å². The first-order valence-corrected chi connectivity index (χ1v) is 7.38. The van der Waals surface area contributed by atoms with E-state index in [9.17, 15) is 9.59 Å². The second kappa shape index (κ2) is 15.8. The van der Waals surface area contributed by atoms with Gasteiger partial charge in [0, 0.05) is 6.54 Å². The zero-order valence-corrected chi connectivity index (χ0v) is 14.7. The smallest absolute Gasteiger partial charge is 0.407 e. The summed E-state index contributed by atoms with van der Waals surface area (Å²) in [6.07, 6.45) is -0.588. The molecule has 2 N–H and O–H groups in total. The molecule has 5 heteroatoms. The predicted molar refractivity (Wildman–Crippen MR) is 84.7 cm³/mol. The number of methoxy groups -OCH3 is 1. The maximum Gasteiger partial charge on any atom is 0.407 e. The van der Waals surface area contributed by atoms with Crippen LogP contribution in [0.5, 0.6) is 0 Å². The molecule has 0 bridgehead atoms. The molecule has 0 aromatic rings. The number of carbonyl (C=O) groups is 2. The van der Waals surface area contributed by atoms with E-state index in [4.69, 9.17) is 0 Å². The highest BCUT2D eigenvalue weighted by Gasteiger charge is 2.23. The van der Waals surface area contributed by atoms with Gasteiger partial charge in [-0.05, 0) is 18.8 Å². The summed E-state index contributed by atoms with van der Waals surface area (Å²) in [6, 6.07) is -0.539. The van der Waals surface area contributed by atoms with Crippen molar-refractivity contribution in [2.75, 3.05) is 13.7 Å². The summed E-state index contributed by atoms with van der Waals surface area (Å²) in [5.41, 5.74) is 0. The summed E-state index contributed by atoms with van der Waals surface area (Å²) in [5, 5.41) is 5.12. The maximum absolute atomic E-state index is 11.5. The fourth-order valence-electron chi connectivity index (χ4n) is 1.01. The summed E-state index contributed by atoms with van der Waals surface area (Å²) < 4.78 is 4.43. The number of hydrogen-bond acceptors (Lipinski definition) is 3. The van der Waals surface area contributed by atoms with Gasteiger partial charge in [0.2, 0.25) is 5.91 Å². The number of rotatable bonds is 4. The van der Waals surface area contributed by atoms with Crippen LogP contribution in [0.25, 0.3) is 0 Å². The van der Waals surface area contributed by atoms with E-state index in [0.717, 1.165) is 5.92 Å². The molecule has 0 heterocycles. The van der Waals surface area contributed by atoms with Crippen LogP contribution in [0, 0.1) is 11.8 Å². The average Bonchev–Trinajstić information content (AvgIpc) is 2.37. The molecule has 0 aliphatic carbocycles. The molecule has 0 aliphatic rings. The molecule has 0 aromatic carbocycles. The third kappa shape index (κ3) is 16.7. The molecule has 0 radical (unpaired) electrons. The Bertz CT molecular complexity index is 239. The summed E-state index contributed by atoms with van der Waals surface area (Å²) in [6.45, 7) is 16.6. The minimum atomic E-state index is -0.588. The van der Waals surface area contributed by atoms with Crippen molar-refractivity contribution in [3.8, 4) is 0 Å². The van der Waals surface area contributed by atoms with E-state index in [0.29, 0.717) is 6.54 Å². The number of ether oxygens (including phenoxy) is 1. The number of amides is 2. The van der Waals surface area contributed by atoms with E-state index in [1.54, 1.807) is 0 Å². The van der Waals surface area contributed by atoms with Crippen molar-refractivity contribution in [1.29, 1.82) is 0 Å². The van der Waals surface area contributed by atoms with Crippen LogP contribution in [0.2, 0.25) is 0 Å². The van der Waals surface area contributed by atoms with Crippen molar-refractivity contribution in [2.45, 2.75) is 61.4 Å². The van der Waals surface area contributed by atoms with E-state index in [1.165, 1.54) is 7.11 Å². The highest BCUT2D eigenvalue weighted by atomic mass is 16.5. The van der Waals surface area contributed by atoms with Gasteiger partial charge < -0.3 is 15.4 Å². The molecule has 0 saturated carbocycles. The Balaban J connectivity index is -0.000000410. The van der Waals surface area contributed by atoms with E-state index >= 15 is 0 Å². The molecule has 1 unspecified atom stereocenters. The van der Waals surface area contributed by atoms with Crippen LogP contribution >= 0.6 is 0 Å². The highest BCUT2D eigenvalue weighted by molar-refractivity contribution is 5.85. The molecule has 0 rings (SSSR count). The zero-order valence-electron chi connectivity index (χ0n) is 14.7. The summed E-state index contributed by atoms with van der Waals surface area (Å²) >= 11 is 0. The lowest BCUT2D eigenvalue weighted by Crippen LogP contribution is -2.49. The lowest BCUT2D eigenvalue weighted by molar-refractivity contribution is -0.123. The normalized spacial score (nSPS) is 10.6. The molecule has 5 nitrogen and oxygen atoms in total. The monoisotopic (exact) mass is 290 g/mol. The predicted octanol–water partition coefficient (Wildman–Crippen LogP) is 3.19. The molecule has 0 aliphatic heterocycles. The standard InChI is InChI=1S/C9H18N2O3.C4H10.C2H6/c1-5-10-8(12)7(6(2)3)11-9(13)14-4;1-4(2)3;1-2/h6-7H,5H2,1-4H3,(H,10,12)(H,11,13);4H,1-3H3;1-2H3. The lowest BCUT2D eigenvalue weighted by Gasteiger charge is -2.20. The van der Waals surface area contributed by atoms with Crippen LogP contribution in [-0.4, -0.2) is 31.7 Å². The van der Waals surface area contributed by atoms with E-state index < -0.39 is 12.1 Å². The number of likely N-dealkylation sites (N-methyl/N-ethyl adjacent to an activating group) is 1. The average molecular weight is 290 g/mol. The Morgan fingerprint density at radius 3 is 1.70 bits per heavy atom. The van der Waals surface area contributed by atoms with Gasteiger partial charge in [0.05, 0.1) is 7.11 Å². The number of carbonyl (C=O) groups excluding carboxylic acids is 2. The first-order valence-electron chi connectivity index (χ1n) is 7.38. The van der Waals surface area contributed by atoms with Crippen molar-refractivity contribution in [2.24, 2.45) is 11.8 Å². The van der Waals surface area contributed by atoms with Crippen LogP contribution in [0.1, 0.15) is 55.4 Å². The minimum absolute atomic E-state index is 0.0284. The summed E-state index contributed by atoms with van der Waals surface area (Å²) in [5.74, 6) is 0.675. The van der Waals surface area contributed by atoms with Gasteiger partial charge in [-0.1, -0.05) is 48.5 Å². The second-order valence-electron chi connectivity index (χ2n) is 4.98. The number of nitrogens with one attached hydrogen (secondary N) is 2. The summed E-state index contributed by atoms with van der Waals surface area (Å²) in [4.78, 5) is 22.4. The van der Waals surface area contributed by atoms with Crippen LogP contribution in [0.3, 0.4) is 0 Å². The highest BCUT2D eigenvalue weighted by Crippen LogP contribution is 2.01. The minimum Gasteiger partial charge on any atom is -0.453 e. The van der Waals surface area contributed by atoms with Crippen LogP contribution in [0.15, 0.2) is 0 Å². The van der Waals surface area contributed by atoms with Gasteiger partial charge in [-0.2, -0.15) is 0 Å². The van der Waals surface area contributed by atoms with Crippen molar-refractivity contribution in [1.82, 2.24) is 10.6 Å². The molecular weight excluding hydrogens is 256 g/mol. The molecule has 20 heavy (non-hydrogen) atoms. The third-order valence-electron chi connectivity index (χ3n) is 1.76. The molecule has 122 valence electrons. The van der Waals surface area contributed by atoms with Crippen molar-refractivity contribution in [3.05, 3.63) is 0 Å². The Kier molecular flexibility index (Phi) is 18.8. The topological polar surface area (TPSA) is 67.4 Å². The summed E-state index contributed by atoms with van der Waals surface area (Å²) in [7, 11) is 1.27. The molecule has 0 aromatic heterocycles. The lowest BCUT2D eigenvalue weighted by atomic mass is 10.0. The Hall–Kier alpha value is -1.26. The second-order valence-corrected chi connectivity index (χ2v) is 4.98. The van der Waals surface area contributed by atoms with E-state index in [-0.39, 0.29) is 11.8 Å². The third-order valence-corrected chi connectivity index (χ3v) is 1.76. The van der Waals surface area contributed by atoms with E-state index in [1.807, 2.05) is 34.6 Å². The van der Waals surface area contributed by atoms with Crippen LogP contribution < -0.4 is 10.6 Å². The molecule has 2 amide bonds. The molecule has 0 saturated heterocycles. The Morgan fingerprint density at radius 2 is 1.45 bits per heavy atom. The van der Waals surface area contributed by atoms with E-state index in [2.05, 4.69) is 36.1 Å². The Morgan fingerprint density at radius 1 is 1.05 bits per heavy atom. The first-order chi connectivity index (χ1) is 9.26. The SMILES string of the molecule is CC.CC(C)C.CCNC(=O)C(NC(=O)OC)C(C)C. The van der Waals surface area contributed by atoms with Crippen molar-refractivity contribution >= 4 is 12.0 Å². The van der Waals surface area contributed by atoms with Gasteiger partial charge in [-0.15, -0.1) is 0 Å². The van der Waals surface area contributed by atoms with Crippen molar-refractivity contribution in [3.63, 3.8) is 0 Å². The zero-order chi connectivity index (χ0) is 16.7. The van der Waals surface area contributed by atoms with Gasteiger partial charge >= 0.3 is 6.09 Å². The van der Waals surface area contributed by atoms with Gasteiger partial charge in [0.15, 0.2) is 0 Å². The largest absolute Gasteiger partial charge is 0.453 e. The number of hydrogen-bond donors (Lipinski definition) is 2. The van der Waals surface area contributed by atoms with Gasteiger partial charge in [-0.3, -0.25) is 4.79 Å². The fourth-order valence-corrected chi connectivity index (χ4v) is 1.01. The van der Waals surface area contributed by atoms with Gasteiger partial charge in [0.1, 0.15) is 6.04 Å². The van der Waals surface area contributed by atoms with Crippen LogP contribution in [0.4, 0.5) is 4.79 Å². The quantitative estimate of drug-likeness (QED) is 0.835. The molecule has 1 atom stereocenters. The van der Waals surface area contributed by atoms with Gasteiger partial charge in [0.25, 0.3) is 0 Å². The van der Waals surface area contributed by atoms with Crippen LogP contribution in [-0.2, 0) is 9.53 Å². The first kappa shape index (κ1) is 23.8.